The summed E-state index contributed by atoms with van der Waals surface area (Å²) in [5.74, 6) is -1.30. The van der Waals surface area contributed by atoms with Crippen molar-refractivity contribution in [3.05, 3.63) is 41.5 Å². The van der Waals surface area contributed by atoms with E-state index in [1.807, 2.05) is 44.2 Å². The number of ether oxygens (including phenoxy) is 2. The highest BCUT2D eigenvalue weighted by molar-refractivity contribution is 6.02. The lowest BCUT2D eigenvalue weighted by Gasteiger charge is -2.38. The Hall–Kier alpha value is -2.71. The van der Waals surface area contributed by atoms with E-state index in [1.54, 1.807) is 12.0 Å². The van der Waals surface area contributed by atoms with Gasteiger partial charge in [0.25, 0.3) is 0 Å². The standard InChI is InChI=1S/C29H39N3O5/c1-16-9-10-20(15-18(16)3)30-26(33)23-22-11-12-29(37-22)24(23)28(35)32(13-14-36-5)25(29)27(34)31-21-8-6-7-17(2)19(21)4/h9-12,15,17,19,21-25H,6-8,13-14H2,1-5H3,(H,30,33)(H,31,34). The third kappa shape index (κ3) is 4.28. The van der Waals surface area contributed by atoms with Crippen molar-refractivity contribution in [2.45, 2.75) is 70.7 Å². The molecule has 1 spiro atoms. The number of fused-ring (bicyclic) bond motifs is 1. The number of benzene rings is 1. The van der Waals surface area contributed by atoms with Crippen LogP contribution in [0.1, 0.15) is 44.2 Å². The Kier molecular flexibility index (Phi) is 6.92. The Labute approximate surface area is 219 Å². The maximum absolute atomic E-state index is 13.9. The molecule has 2 N–H and O–H groups in total. The Bertz CT molecular complexity index is 1120. The van der Waals surface area contributed by atoms with Gasteiger partial charge in [-0.3, -0.25) is 14.4 Å². The van der Waals surface area contributed by atoms with Gasteiger partial charge in [-0.2, -0.15) is 0 Å². The molecule has 3 amide bonds. The van der Waals surface area contributed by atoms with E-state index >= 15 is 0 Å². The van der Waals surface area contributed by atoms with E-state index in [1.165, 1.54) is 0 Å². The number of likely N-dealkylation sites (tertiary alicyclic amines) is 1. The lowest BCUT2D eigenvalue weighted by atomic mass is 9.73. The monoisotopic (exact) mass is 509 g/mol. The summed E-state index contributed by atoms with van der Waals surface area (Å²) in [5.41, 5.74) is 1.74. The van der Waals surface area contributed by atoms with Crippen molar-refractivity contribution in [3.8, 4) is 0 Å². The number of hydrogen-bond donors (Lipinski definition) is 2. The second-order valence-corrected chi connectivity index (χ2v) is 11.4. The van der Waals surface area contributed by atoms with Crippen LogP contribution >= 0.6 is 0 Å². The molecule has 0 radical (unpaired) electrons. The van der Waals surface area contributed by atoms with E-state index in [0.29, 0.717) is 24.1 Å². The molecule has 8 unspecified atom stereocenters. The second kappa shape index (κ2) is 9.87. The molecule has 0 aromatic heterocycles. The van der Waals surface area contributed by atoms with Crippen molar-refractivity contribution < 1.29 is 23.9 Å². The van der Waals surface area contributed by atoms with Crippen molar-refractivity contribution in [1.29, 1.82) is 0 Å². The van der Waals surface area contributed by atoms with Gasteiger partial charge in [0.2, 0.25) is 17.7 Å². The van der Waals surface area contributed by atoms with Crippen molar-refractivity contribution in [2.75, 3.05) is 25.6 Å². The summed E-state index contributed by atoms with van der Waals surface area (Å²) in [4.78, 5) is 42.9. The average molecular weight is 510 g/mol. The zero-order chi connectivity index (χ0) is 26.5. The number of carbonyl (C=O) groups excluding carboxylic acids is 3. The number of anilines is 1. The quantitative estimate of drug-likeness (QED) is 0.551. The number of carbonyl (C=O) groups is 3. The molecule has 8 atom stereocenters. The fourth-order valence-electron chi connectivity index (χ4n) is 6.79. The number of amides is 3. The van der Waals surface area contributed by atoms with Crippen molar-refractivity contribution in [1.82, 2.24) is 10.2 Å². The van der Waals surface area contributed by atoms with Crippen LogP contribution in [0, 0.1) is 37.5 Å². The zero-order valence-electron chi connectivity index (χ0n) is 22.5. The molecule has 4 aliphatic rings. The first kappa shape index (κ1) is 25.9. The summed E-state index contributed by atoms with van der Waals surface area (Å²) < 4.78 is 11.7. The predicted octanol–water partition coefficient (Wildman–Crippen LogP) is 2.98. The molecular weight excluding hydrogens is 470 g/mol. The normalized spacial score (nSPS) is 36.1. The first-order valence-corrected chi connectivity index (χ1v) is 13.5. The highest BCUT2D eigenvalue weighted by Gasteiger charge is 2.72. The third-order valence-corrected chi connectivity index (χ3v) is 9.27. The van der Waals surface area contributed by atoms with Crippen LogP contribution < -0.4 is 10.6 Å². The fourth-order valence-corrected chi connectivity index (χ4v) is 6.79. The molecule has 200 valence electrons. The lowest BCUT2D eigenvalue weighted by Crippen LogP contribution is -2.58. The van der Waals surface area contributed by atoms with Gasteiger partial charge in [0.1, 0.15) is 11.6 Å². The average Bonchev–Trinajstić information content (AvgIpc) is 3.50. The number of aryl methyl sites for hydroxylation is 2. The lowest BCUT2D eigenvalue weighted by molar-refractivity contribution is -0.142. The molecule has 5 rings (SSSR count). The molecule has 2 bridgehead atoms. The van der Waals surface area contributed by atoms with Gasteiger partial charge < -0.3 is 25.0 Å². The van der Waals surface area contributed by atoms with Crippen molar-refractivity contribution in [2.24, 2.45) is 23.7 Å². The number of nitrogens with zero attached hydrogens (tertiary/aromatic N) is 1. The third-order valence-electron chi connectivity index (χ3n) is 9.27. The maximum Gasteiger partial charge on any atom is 0.246 e. The van der Waals surface area contributed by atoms with Gasteiger partial charge in [-0.05, 0) is 55.4 Å². The predicted molar refractivity (Wildman–Crippen MR) is 140 cm³/mol. The van der Waals surface area contributed by atoms with Crippen LogP contribution in [0.3, 0.4) is 0 Å². The van der Waals surface area contributed by atoms with Crippen LogP contribution in [-0.4, -0.2) is 66.7 Å². The van der Waals surface area contributed by atoms with E-state index in [2.05, 4.69) is 24.5 Å². The van der Waals surface area contributed by atoms with Gasteiger partial charge in [0, 0.05) is 25.4 Å². The first-order valence-electron chi connectivity index (χ1n) is 13.5. The molecule has 1 saturated carbocycles. The van der Waals surface area contributed by atoms with Crippen LogP contribution in [0.5, 0.6) is 0 Å². The highest BCUT2D eigenvalue weighted by atomic mass is 16.5. The van der Waals surface area contributed by atoms with E-state index < -0.39 is 29.6 Å². The molecule has 1 aliphatic carbocycles. The number of rotatable bonds is 7. The van der Waals surface area contributed by atoms with Crippen LogP contribution in [-0.2, 0) is 23.9 Å². The van der Waals surface area contributed by atoms with E-state index in [9.17, 15) is 14.4 Å². The van der Waals surface area contributed by atoms with E-state index in [4.69, 9.17) is 9.47 Å². The topological polar surface area (TPSA) is 97.0 Å². The number of nitrogens with one attached hydrogen (secondary N) is 2. The summed E-state index contributed by atoms with van der Waals surface area (Å²) in [6, 6.07) is 4.97. The Balaban J connectivity index is 1.42. The SMILES string of the molecule is COCCN1C(=O)C2C(C(=O)Nc3ccc(C)c(C)c3)C3C=CC2(O3)C1C(=O)NC1CCCC(C)C1C. The second-order valence-electron chi connectivity index (χ2n) is 11.4. The molecule has 1 aromatic rings. The maximum atomic E-state index is 13.9. The summed E-state index contributed by atoms with van der Waals surface area (Å²) in [6.45, 7) is 8.98. The minimum Gasteiger partial charge on any atom is -0.383 e. The van der Waals surface area contributed by atoms with Crippen molar-refractivity contribution >= 4 is 23.4 Å². The van der Waals surface area contributed by atoms with Gasteiger partial charge in [-0.25, -0.2) is 0 Å². The van der Waals surface area contributed by atoms with E-state index in [-0.39, 0.29) is 30.3 Å². The Morgan fingerprint density at radius 1 is 1.16 bits per heavy atom. The van der Waals surface area contributed by atoms with Gasteiger partial charge in [0.05, 0.1) is 24.5 Å². The van der Waals surface area contributed by atoms with Crippen LogP contribution in [0.4, 0.5) is 5.69 Å². The summed E-state index contributed by atoms with van der Waals surface area (Å²) >= 11 is 0. The van der Waals surface area contributed by atoms with Crippen LogP contribution in [0.2, 0.25) is 0 Å². The molecule has 2 saturated heterocycles. The molecule has 3 aliphatic heterocycles. The largest absolute Gasteiger partial charge is 0.383 e. The Morgan fingerprint density at radius 3 is 2.68 bits per heavy atom. The molecule has 1 aromatic carbocycles. The fraction of sp³-hybridized carbons (Fsp3) is 0.621. The molecular formula is C29H39N3O5. The minimum absolute atomic E-state index is 0.0533. The smallest absolute Gasteiger partial charge is 0.246 e. The van der Waals surface area contributed by atoms with E-state index in [0.717, 1.165) is 30.4 Å². The summed E-state index contributed by atoms with van der Waals surface area (Å²) in [6.07, 6.45) is 6.30. The minimum atomic E-state index is -1.16. The summed E-state index contributed by atoms with van der Waals surface area (Å²) in [5, 5.41) is 6.26. The van der Waals surface area contributed by atoms with Gasteiger partial charge in [-0.15, -0.1) is 0 Å². The zero-order valence-corrected chi connectivity index (χ0v) is 22.5. The highest BCUT2D eigenvalue weighted by Crippen LogP contribution is 2.55. The Morgan fingerprint density at radius 2 is 1.95 bits per heavy atom. The van der Waals surface area contributed by atoms with Gasteiger partial charge in [-0.1, -0.05) is 44.9 Å². The number of methoxy groups -OCH3 is 1. The summed E-state index contributed by atoms with van der Waals surface area (Å²) in [7, 11) is 1.57. The van der Waals surface area contributed by atoms with Crippen LogP contribution in [0.25, 0.3) is 0 Å². The molecule has 8 nitrogen and oxygen atoms in total. The number of hydrogen-bond acceptors (Lipinski definition) is 5. The van der Waals surface area contributed by atoms with Gasteiger partial charge >= 0.3 is 0 Å². The molecule has 8 heteroatoms. The van der Waals surface area contributed by atoms with Gasteiger partial charge in [0.15, 0.2) is 0 Å². The van der Waals surface area contributed by atoms with Crippen molar-refractivity contribution in [3.63, 3.8) is 0 Å². The molecule has 37 heavy (non-hydrogen) atoms. The molecule has 3 heterocycles. The van der Waals surface area contributed by atoms with Crippen LogP contribution in [0.15, 0.2) is 30.4 Å². The first-order chi connectivity index (χ1) is 17.7. The molecule has 3 fully saturated rings.